The van der Waals surface area contributed by atoms with Crippen molar-refractivity contribution in [1.29, 1.82) is 0 Å². The number of hydrogen-bond donors (Lipinski definition) is 1. The predicted molar refractivity (Wildman–Crippen MR) is 116 cm³/mol. The summed E-state index contributed by atoms with van der Waals surface area (Å²) in [5.74, 6) is 5.52. The molecule has 0 saturated carbocycles. The number of carbonyl (C=O) groups is 1. The molecule has 3 aromatic rings. The number of benzene rings is 2. The van der Waals surface area contributed by atoms with Gasteiger partial charge in [-0.3, -0.25) is 4.79 Å². The Hall–Kier alpha value is -2.91. The number of nitrogens with zero attached hydrogens (tertiary/aromatic N) is 1. The third-order valence-corrected chi connectivity index (χ3v) is 5.06. The van der Waals surface area contributed by atoms with Crippen LogP contribution in [0.5, 0.6) is 5.75 Å². The Morgan fingerprint density at radius 1 is 1.24 bits per heavy atom. The highest BCUT2D eigenvalue weighted by molar-refractivity contribution is 7.16. The van der Waals surface area contributed by atoms with Gasteiger partial charge in [0.15, 0.2) is 11.6 Å². The van der Waals surface area contributed by atoms with Gasteiger partial charge in [0.2, 0.25) is 5.91 Å². The first-order valence-electron chi connectivity index (χ1n) is 9.66. The molecule has 1 aromatic heterocycles. The van der Waals surface area contributed by atoms with Crippen LogP contribution in [-0.2, 0) is 11.2 Å². The minimum Gasteiger partial charge on any atom is -0.491 e. The molecule has 0 saturated heterocycles. The van der Waals surface area contributed by atoms with Gasteiger partial charge < -0.3 is 10.1 Å². The zero-order chi connectivity index (χ0) is 20.5. The van der Waals surface area contributed by atoms with Crippen molar-refractivity contribution in [3.8, 4) is 17.6 Å². The Morgan fingerprint density at radius 3 is 3.00 bits per heavy atom. The highest BCUT2D eigenvalue weighted by Gasteiger charge is 2.13. The summed E-state index contributed by atoms with van der Waals surface area (Å²) in [4.78, 5) is 16.6. The fourth-order valence-corrected chi connectivity index (χ4v) is 3.54. The van der Waals surface area contributed by atoms with Gasteiger partial charge in [0.25, 0.3) is 0 Å². The molecule has 0 aliphatic rings. The van der Waals surface area contributed by atoms with Crippen molar-refractivity contribution in [3.63, 3.8) is 0 Å². The van der Waals surface area contributed by atoms with Gasteiger partial charge in [0, 0.05) is 24.1 Å². The van der Waals surface area contributed by atoms with Crippen molar-refractivity contribution in [1.82, 2.24) is 4.98 Å². The van der Waals surface area contributed by atoms with E-state index in [1.165, 1.54) is 11.3 Å². The molecule has 0 unspecified atom stereocenters. The van der Waals surface area contributed by atoms with E-state index in [1.807, 2.05) is 19.1 Å². The van der Waals surface area contributed by atoms with E-state index in [9.17, 15) is 9.18 Å². The maximum Gasteiger partial charge on any atom is 0.228 e. The van der Waals surface area contributed by atoms with E-state index in [0.717, 1.165) is 35.9 Å². The highest BCUT2D eigenvalue weighted by atomic mass is 32.1. The molecule has 0 bridgehead atoms. The van der Waals surface area contributed by atoms with Gasteiger partial charge in [0.05, 0.1) is 28.8 Å². The molecule has 3 rings (SSSR count). The maximum absolute atomic E-state index is 14.7. The number of nitrogens with one attached hydrogen (secondary N) is 1. The molecule has 4 nitrogen and oxygen atoms in total. The van der Waals surface area contributed by atoms with Crippen LogP contribution >= 0.6 is 11.3 Å². The van der Waals surface area contributed by atoms with Gasteiger partial charge in [-0.2, -0.15) is 0 Å². The van der Waals surface area contributed by atoms with E-state index in [0.29, 0.717) is 17.9 Å². The first-order valence-corrected chi connectivity index (χ1v) is 10.5. The first kappa shape index (κ1) is 20.8. The molecule has 29 heavy (non-hydrogen) atoms. The SMILES string of the molecule is CCC#CCCCCOc1cccc(CC(=O)Nc2ccc3ncsc3c2)c1F. The molecule has 0 aliphatic carbocycles. The number of anilines is 1. The monoisotopic (exact) mass is 410 g/mol. The second-order valence-electron chi connectivity index (χ2n) is 6.50. The summed E-state index contributed by atoms with van der Waals surface area (Å²) in [6.07, 6.45) is 3.36. The summed E-state index contributed by atoms with van der Waals surface area (Å²) >= 11 is 1.51. The number of aromatic nitrogens is 1. The quantitative estimate of drug-likeness (QED) is 0.390. The van der Waals surface area contributed by atoms with Crippen LogP contribution in [0.3, 0.4) is 0 Å². The van der Waals surface area contributed by atoms with E-state index in [-0.39, 0.29) is 18.1 Å². The van der Waals surface area contributed by atoms with E-state index < -0.39 is 5.82 Å². The van der Waals surface area contributed by atoms with Crippen LogP contribution in [0, 0.1) is 17.7 Å². The zero-order valence-electron chi connectivity index (χ0n) is 16.3. The lowest BCUT2D eigenvalue weighted by Gasteiger charge is -2.10. The standard InChI is InChI=1S/C23H23FN2O2S/c1-2-3-4-5-6-7-13-28-20-10-8-9-17(23(20)24)14-22(27)26-18-11-12-19-21(15-18)29-16-25-19/h8-12,15-16H,2,5-7,13-14H2,1H3,(H,26,27). The molecule has 0 fully saturated rings. The number of thiazole rings is 1. The Labute approximate surface area is 174 Å². The van der Waals surface area contributed by atoms with Crippen molar-refractivity contribution in [3.05, 3.63) is 53.3 Å². The largest absolute Gasteiger partial charge is 0.491 e. The maximum atomic E-state index is 14.7. The molecule has 6 heteroatoms. The molecule has 150 valence electrons. The molecule has 0 radical (unpaired) electrons. The number of amides is 1. The van der Waals surface area contributed by atoms with Crippen molar-refractivity contribution >= 4 is 33.1 Å². The van der Waals surface area contributed by atoms with Crippen molar-refractivity contribution < 1.29 is 13.9 Å². The Bertz CT molecular complexity index is 1040. The summed E-state index contributed by atoms with van der Waals surface area (Å²) < 4.78 is 21.2. The molecule has 1 amide bonds. The average Bonchev–Trinajstić information content (AvgIpc) is 3.17. The third kappa shape index (κ3) is 6.03. The van der Waals surface area contributed by atoms with Crippen LogP contribution in [0.4, 0.5) is 10.1 Å². The van der Waals surface area contributed by atoms with Crippen molar-refractivity contribution in [2.24, 2.45) is 0 Å². The lowest BCUT2D eigenvalue weighted by atomic mass is 10.1. The van der Waals surface area contributed by atoms with E-state index >= 15 is 0 Å². The smallest absolute Gasteiger partial charge is 0.228 e. The van der Waals surface area contributed by atoms with Crippen LogP contribution in [0.15, 0.2) is 41.9 Å². The van der Waals surface area contributed by atoms with Crippen LogP contribution < -0.4 is 10.1 Å². The third-order valence-electron chi connectivity index (χ3n) is 4.26. The molecular formula is C23H23FN2O2S. The zero-order valence-corrected chi connectivity index (χ0v) is 17.2. The number of halogens is 1. The lowest BCUT2D eigenvalue weighted by molar-refractivity contribution is -0.115. The first-order chi connectivity index (χ1) is 14.2. The molecule has 0 spiro atoms. The number of hydrogen-bond acceptors (Lipinski definition) is 4. The van der Waals surface area contributed by atoms with Gasteiger partial charge in [-0.15, -0.1) is 23.2 Å². The highest BCUT2D eigenvalue weighted by Crippen LogP contribution is 2.24. The number of rotatable bonds is 8. The summed E-state index contributed by atoms with van der Waals surface area (Å²) in [6, 6.07) is 10.4. The Morgan fingerprint density at radius 2 is 2.14 bits per heavy atom. The summed E-state index contributed by atoms with van der Waals surface area (Å²) in [6.45, 7) is 2.45. The minimum atomic E-state index is -0.480. The molecule has 2 aromatic carbocycles. The summed E-state index contributed by atoms with van der Waals surface area (Å²) in [5.41, 5.74) is 3.63. The van der Waals surface area contributed by atoms with Crippen LogP contribution in [0.2, 0.25) is 0 Å². The number of carbonyl (C=O) groups excluding carboxylic acids is 1. The van der Waals surface area contributed by atoms with Gasteiger partial charge >= 0.3 is 0 Å². The normalized spacial score (nSPS) is 10.4. The average molecular weight is 411 g/mol. The molecule has 1 heterocycles. The molecule has 0 atom stereocenters. The van der Waals surface area contributed by atoms with Gasteiger partial charge in [-0.1, -0.05) is 19.1 Å². The fourth-order valence-electron chi connectivity index (χ4n) is 2.83. The van der Waals surface area contributed by atoms with Crippen LogP contribution in [0.1, 0.15) is 38.2 Å². The Balaban J connectivity index is 1.53. The minimum absolute atomic E-state index is 0.0592. The molecule has 1 N–H and O–H groups in total. The molecular weight excluding hydrogens is 387 g/mol. The van der Waals surface area contributed by atoms with E-state index in [1.54, 1.807) is 29.8 Å². The van der Waals surface area contributed by atoms with Crippen molar-refractivity contribution in [2.45, 2.75) is 39.0 Å². The number of unbranched alkanes of at least 4 members (excludes halogenated alkanes) is 2. The number of ether oxygens (including phenoxy) is 1. The topological polar surface area (TPSA) is 51.2 Å². The van der Waals surface area contributed by atoms with Crippen molar-refractivity contribution in [2.75, 3.05) is 11.9 Å². The number of fused-ring (bicyclic) bond motifs is 1. The Kier molecular flexibility index (Phi) is 7.60. The second kappa shape index (κ2) is 10.6. The second-order valence-corrected chi connectivity index (χ2v) is 7.39. The van der Waals surface area contributed by atoms with E-state index in [4.69, 9.17) is 4.74 Å². The van der Waals surface area contributed by atoms with Gasteiger partial charge in [0.1, 0.15) is 0 Å². The van der Waals surface area contributed by atoms with Crippen LogP contribution in [-0.4, -0.2) is 17.5 Å². The van der Waals surface area contributed by atoms with Gasteiger partial charge in [-0.25, -0.2) is 9.37 Å². The van der Waals surface area contributed by atoms with Crippen LogP contribution in [0.25, 0.3) is 10.2 Å². The van der Waals surface area contributed by atoms with E-state index in [2.05, 4.69) is 22.1 Å². The molecule has 0 aliphatic heterocycles. The summed E-state index contributed by atoms with van der Waals surface area (Å²) in [7, 11) is 0. The predicted octanol–water partition coefficient (Wildman–Crippen LogP) is 5.58. The fraction of sp³-hybridized carbons (Fsp3) is 0.304. The van der Waals surface area contributed by atoms with Gasteiger partial charge in [-0.05, 0) is 37.1 Å². The summed E-state index contributed by atoms with van der Waals surface area (Å²) in [5, 5.41) is 2.82. The lowest BCUT2D eigenvalue weighted by Crippen LogP contribution is -2.15.